The summed E-state index contributed by atoms with van der Waals surface area (Å²) in [4.78, 5) is 19.9. The van der Waals surface area contributed by atoms with E-state index < -0.39 is 0 Å². The largest absolute Gasteiger partial charge is 0.381 e. The summed E-state index contributed by atoms with van der Waals surface area (Å²) < 4.78 is 5.43. The first-order valence-electron chi connectivity index (χ1n) is 10.5. The van der Waals surface area contributed by atoms with Crippen molar-refractivity contribution in [1.29, 1.82) is 0 Å². The van der Waals surface area contributed by atoms with Crippen LogP contribution in [0.25, 0.3) is 10.9 Å². The number of nitrogens with zero attached hydrogens (tertiary/aromatic N) is 5. The fourth-order valence-corrected chi connectivity index (χ4v) is 3.65. The molecule has 4 aromatic rings. The summed E-state index contributed by atoms with van der Waals surface area (Å²) in [6.45, 7) is 3.73. The van der Waals surface area contributed by atoms with E-state index in [4.69, 9.17) is 10.5 Å². The maximum absolute atomic E-state index is 6.05. The van der Waals surface area contributed by atoms with Crippen LogP contribution in [0.5, 0.6) is 0 Å². The molecule has 162 valence electrons. The lowest BCUT2D eigenvalue weighted by Gasteiger charge is -2.28. The van der Waals surface area contributed by atoms with Crippen LogP contribution in [0.3, 0.4) is 0 Å². The summed E-state index contributed by atoms with van der Waals surface area (Å²) in [7, 11) is 0. The van der Waals surface area contributed by atoms with Crippen LogP contribution in [-0.2, 0) is 11.3 Å². The molecule has 4 heterocycles. The number of rotatable bonds is 6. The van der Waals surface area contributed by atoms with E-state index in [1.807, 2.05) is 36.5 Å². The molecule has 0 unspecified atom stereocenters. The lowest BCUT2D eigenvalue weighted by Crippen LogP contribution is -2.36. The fourth-order valence-electron chi connectivity index (χ4n) is 3.65. The van der Waals surface area contributed by atoms with Gasteiger partial charge in [-0.05, 0) is 29.8 Å². The highest BCUT2D eigenvalue weighted by Gasteiger charge is 2.12. The van der Waals surface area contributed by atoms with Crippen molar-refractivity contribution in [2.45, 2.75) is 6.54 Å². The SMILES string of the molecule is Nc1ncc(Nc2cncc(N3CCOCC3)c2)nc1NCc1ccc2ncccc2c1. The number of nitrogens with two attached hydrogens (primary N) is 1. The van der Waals surface area contributed by atoms with Crippen LogP contribution < -0.4 is 21.3 Å². The molecule has 0 atom stereocenters. The minimum absolute atomic E-state index is 0.346. The fraction of sp³-hybridized carbons (Fsp3) is 0.217. The van der Waals surface area contributed by atoms with Gasteiger partial charge >= 0.3 is 0 Å². The number of nitrogens with one attached hydrogen (secondary N) is 2. The molecule has 1 fully saturated rings. The Morgan fingerprint density at radius 1 is 1.03 bits per heavy atom. The van der Waals surface area contributed by atoms with Crippen LogP contribution in [0.4, 0.5) is 28.8 Å². The zero-order valence-corrected chi connectivity index (χ0v) is 17.5. The third-order valence-electron chi connectivity index (χ3n) is 5.30. The van der Waals surface area contributed by atoms with E-state index in [-0.39, 0.29) is 0 Å². The molecule has 0 amide bonds. The molecule has 0 bridgehead atoms. The second kappa shape index (κ2) is 9.03. The smallest absolute Gasteiger partial charge is 0.171 e. The summed E-state index contributed by atoms with van der Waals surface area (Å²) in [6.07, 6.45) is 7.03. The quantitative estimate of drug-likeness (QED) is 0.426. The van der Waals surface area contributed by atoms with Gasteiger partial charge in [-0.2, -0.15) is 0 Å². The molecule has 1 aliphatic rings. The van der Waals surface area contributed by atoms with Crippen molar-refractivity contribution >= 4 is 39.7 Å². The summed E-state index contributed by atoms with van der Waals surface area (Å²) >= 11 is 0. The molecule has 0 radical (unpaired) electrons. The van der Waals surface area contributed by atoms with Crippen molar-refractivity contribution in [3.8, 4) is 0 Å². The third-order valence-corrected chi connectivity index (χ3v) is 5.30. The molecule has 32 heavy (non-hydrogen) atoms. The lowest BCUT2D eigenvalue weighted by atomic mass is 10.1. The molecule has 9 heteroatoms. The van der Waals surface area contributed by atoms with E-state index in [9.17, 15) is 0 Å². The van der Waals surface area contributed by atoms with E-state index >= 15 is 0 Å². The molecule has 3 aromatic heterocycles. The van der Waals surface area contributed by atoms with Crippen molar-refractivity contribution in [2.24, 2.45) is 0 Å². The average Bonchev–Trinajstić information content (AvgIpc) is 2.85. The normalized spacial score (nSPS) is 13.8. The third kappa shape index (κ3) is 4.52. The molecular formula is C23H24N8O. The highest BCUT2D eigenvalue weighted by atomic mass is 16.5. The van der Waals surface area contributed by atoms with Crippen molar-refractivity contribution in [2.75, 3.05) is 47.6 Å². The molecule has 1 aliphatic heterocycles. The second-order valence-corrected chi connectivity index (χ2v) is 7.53. The number of nitrogen functional groups attached to an aromatic ring is 1. The van der Waals surface area contributed by atoms with Crippen LogP contribution in [0, 0.1) is 0 Å². The molecule has 1 aromatic carbocycles. The highest BCUT2D eigenvalue weighted by Crippen LogP contribution is 2.23. The lowest BCUT2D eigenvalue weighted by molar-refractivity contribution is 0.122. The molecular weight excluding hydrogens is 404 g/mol. The van der Waals surface area contributed by atoms with Crippen LogP contribution in [0.15, 0.2) is 61.2 Å². The number of pyridine rings is 2. The number of fused-ring (bicyclic) bond motifs is 1. The van der Waals surface area contributed by atoms with E-state index in [0.29, 0.717) is 24.0 Å². The van der Waals surface area contributed by atoms with Crippen molar-refractivity contribution in [3.63, 3.8) is 0 Å². The molecule has 9 nitrogen and oxygen atoms in total. The number of benzene rings is 1. The number of hydrogen-bond donors (Lipinski definition) is 3. The number of morpholine rings is 1. The van der Waals surface area contributed by atoms with Gasteiger partial charge in [-0.15, -0.1) is 0 Å². The predicted octanol–water partition coefficient (Wildman–Crippen LogP) is 3.19. The summed E-state index contributed by atoms with van der Waals surface area (Å²) in [5.74, 6) is 1.46. The Hall–Kier alpha value is -3.98. The van der Waals surface area contributed by atoms with Gasteiger partial charge in [0.15, 0.2) is 17.5 Å². The maximum Gasteiger partial charge on any atom is 0.171 e. The van der Waals surface area contributed by atoms with Crippen LogP contribution in [0.2, 0.25) is 0 Å². The Balaban J connectivity index is 1.29. The van der Waals surface area contributed by atoms with Gasteiger partial charge in [-0.25, -0.2) is 9.97 Å². The number of anilines is 5. The maximum atomic E-state index is 6.05. The molecule has 0 spiro atoms. The molecule has 1 saturated heterocycles. The Labute approximate surface area is 185 Å². The number of aromatic nitrogens is 4. The van der Waals surface area contributed by atoms with Gasteiger partial charge in [0.25, 0.3) is 0 Å². The van der Waals surface area contributed by atoms with Crippen LogP contribution >= 0.6 is 0 Å². The topological polar surface area (TPSA) is 114 Å². The van der Waals surface area contributed by atoms with Gasteiger partial charge in [0.05, 0.1) is 48.7 Å². The van der Waals surface area contributed by atoms with Crippen molar-refractivity contribution < 1.29 is 4.74 Å². The van der Waals surface area contributed by atoms with Gasteiger partial charge in [0, 0.05) is 31.2 Å². The van der Waals surface area contributed by atoms with Crippen LogP contribution in [-0.4, -0.2) is 46.2 Å². The van der Waals surface area contributed by atoms with Crippen LogP contribution in [0.1, 0.15) is 5.56 Å². The van der Waals surface area contributed by atoms with Gasteiger partial charge in [-0.1, -0.05) is 12.1 Å². The van der Waals surface area contributed by atoms with E-state index in [1.165, 1.54) is 0 Å². The first-order valence-corrected chi connectivity index (χ1v) is 10.5. The summed E-state index contributed by atoms with van der Waals surface area (Å²) in [6, 6.07) is 12.2. The molecule has 0 aliphatic carbocycles. The Morgan fingerprint density at radius 2 is 1.94 bits per heavy atom. The first kappa shape index (κ1) is 20.0. The van der Waals surface area contributed by atoms with E-state index in [0.717, 1.165) is 54.1 Å². The predicted molar refractivity (Wildman–Crippen MR) is 126 cm³/mol. The van der Waals surface area contributed by atoms with Gasteiger partial charge < -0.3 is 26.0 Å². The standard InChI is InChI=1S/C23H24N8O/c24-22-23(28-12-16-3-4-20-17(10-16)2-1-5-26-20)30-21(15-27-22)29-18-11-19(14-25-13-18)31-6-8-32-9-7-31/h1-5,10-11,13-15H,6-9,12H2,(H2,24,27)(H2,28,29,30). The Bertz CT molecular complexity index is 1230. The van der Waals surface area contributed by atoms with Gasteiger partial charge in [0.2, 0.25) is 0 Å². The number of ether oxygens (including phenoxy) is 1. The Morgan fingerprint density at radius 3 is 2.84 bits per heavy atom. The zero-order valence-electron chi connectivity index (χ0n) is 17.5. The van der Waals surface area contributed by atoms with Gasteiger partial charge in [-0.3, -0.25) is 9.97 Å². The minimum Gasteiger partial charge on any atom is -0.381 e. The first-order chi connectivity index (χ1) is 15.7. The van der Waals surface area contributed by atoms with Gasteiger partial charge in [0.1, 0.15) is 0 Å². The summed E-state index contributed by atoms with van der Waals surface area (Å²) in [5, 5.41) is 7.65. The van der Waals surface area contributed by atoms with E-state index in [1.54, 1.807) is 18.6 Å². The highest BCUT2D eigenvalue weighted by molar-refractivity contribution is 5.79. The van der Waals surface area contributed by atoms with Crippen molar-refractivity contribution in [1.82, 2.24) is 19.9 Å². The van der Waals surface area contributed by atoms with E-state index in [2.05, 4.69) is 41.5 Å². The molecule has 4 N–H and O–H groups in total. The average molecular weight is 429 g/mol. The number of hydrogen-bond acceptors (Lipinski definition) is 9. The monoisotopic (exact) mass is 428 g/mol. The molecule has 5 rings (SSSR count). The zero-order chi connectivity index (χ0) is 21.8. The molecule has 0 saturated carbocycles. The van der Waals surface area contributed by atoms with Crippen molar-refractivity contribution in [3.05, 3.63) is 66.7 Å². The minimum atomic E-state index is 0.346. The Kier molecular flexibility index (Phi) is 5.63. The summed E-state index contributed by atoms with van der Waals surface area (Å²) in [5.41, 5.74) is 10.0. The second-order valence-electron chi connectivity index (χ2n) is 7.53.